The lowest BCUT2D eigenvalue weighted by molar-refractivity contribution is -0.285. The number of nitrogens with zero attached hydrogens (tertiary/aromatic N) is 1. The lowest BCUT2D eigenvalue weighted by Gasteiger charge is -2.45. The van der Waals surface area contributed by atoms with Crippen molar-refractivity contribution in [1.29, 1.82) is 5.26 Å². The minimum absolute atomic E-state index is 0.0333. The topological polar surface area (TPSA) is 73.1 Å². The molecule has 10 heteroatoms. The van der Waals surface area contributed by atoms with Crippen molar-refractivity contribution in [3.8, 4) is 6.07 Å². The van der Waals surface area contributed by atoms with Crippen molar-refractivity contribution < 1.29 is 23.1 Å². The van der Waals surface area contributed by atoms with Gasteiger partial charge in [-0.1, -0.05) is 41.9 Å². The molecular weight excluding hydrogens is 469 g/mol. The molecule has 2 N–H and O–H groups in total. The summed E-state index contributed by atoms with van der Waals surface area (Å²) >= 11 is 8.12. The largest absolute Gasteiger partial charge is 0.437 e. The number of hydrogen-bond donors (Lipinski definition) is 2. The van der Waals surface area contributed by atoms with E-state index in [1.165, 1.54) is 30.3 Å². The second kappa shape index (κ2) is 9.09. The van der Waals surface area contributed by atoms with Gasteiger partial charge in [-0.25, -0.2) is 0 Å². The second-order valence-corrected chi connectivity index (χ2v) is 9.05. The number of thiophene rings is 1. The van der Waals surface area contributed by atoms with E-state index < -0.39 is 29.5 Å². The van der Waals surface area contributed by atoms with Crippen LogP contribution in [0.5, 0.6) is 0 Å². The normalized spacial score (nSPS) is 23.7. The van der Waals surface area contributed by atoms with Crippen molar-refractivity contribution in [2.45, 2.75) is 17.8 Å². The Bertz CT molecular complexity index is 1060. The predicted octanol–water partition coefficient (Wildman–Crippen LogP) is 5.49. The number of allylic oxidation sites excluding steroid dienone is 1. The molecule has 1 aliphatic rings. The first kappa shape index (κ1) is 23.4. The summed E-state index contributed by atoms with van der Waals surface area (Å²) in [7, 11) is 0. The third-order valence-electron chi connectivity index (χ3n) is 4.83. The first-order valence-electron chi connectivity index (χ1n) is 8.93. The predicted molar refractivity (Wildman–Crippen MR) is 116 cm³/mol. The molecular formula is C21H16ClF3N2O2S2. The number of Topliss-reactive ketones (excluding diaryl/α,β-unsaturated/α-hetero) is 1. The van der Waals surface area contributed by atoms with Gasteiger partial charge in [-0.15, -0.1) is 29.7 Å². The van der Waals surface area contributed by atoms with Crippen molar-refractivity contribution in [2.75, 3.05) is 5.75 Å². The van der Waals surface area contributed by atoms with Crippen LogP contribution < -0.4 is 5.32 Å². The Morgan fingerprint density at radius 3 is 2.65 bits per heavy atom. The smallest absolute Gasteiger partial charge is 0.363 e. The fourth-order valence-electron chi connectivity index (χ4n) is 3.47. The molecule has 0 saturated heterocycles. The van der Waals surface area contributed by atoms with Crippen molar-refractivity contribution >= 4 is 40.5 Å². The van der Waals surface area contributed by atoms with Crippen LogP contribution >= 0.6 is 34.7 Å². The highest BCUT2D eigenvalue weighted by Gasteiger charge is 2.66. The average molecular weight is 485 g/mol. The number of alkyl halides is 3. The van der Waals surface area contributed by atoms with E-state index in [4.69, 9.17) is 11.6 Å². The third-order valence-corrected chi connectivity index (χ3v) is 7.07. The van der Waals surface area contributed by atoms with Crippen LogP contribution in [0.1, 0.15) is 21.2 Å². The number of aliphatic hydroxyl groups is 1. The van der Waals surface area contributed by atoms with Gasteiger partial charge in [0.2, 0.25) is 5.72 Å². The number of halogens is 4. The number of ketones is 1. The molecule has 3 atom stereocenters. The summed E-state index contributed by atoms with van der Waals surface area (Å²) in [5, 5.41) is 24.4. The first-order valence-corrected chi connectivity index (χ1v) is 11.2. The number of nitrogens with one attached hydrogen (secondary N) is 1. The quantitative estimate of drug-likeness (QED) is 0.419. The standard InChI is InChI=1S/C21H16ClF3N2O2S2/c1-2-9-31-19-13(11-26)16(12-6-3-4-7-14(12)22)17(18(28)15-8-5-10-30-15)20(29,27-19)21(23,24)25/h2-8,10,16-17,27,29H,1,9H2/t16-,17+,20-/m0/s1. The lowest BCUT2D eigenvalue weighted by atomic mass is 9.70. The van der Waals surface area contributed by atoms with Crippen LogP contribution in [0.25, 0.3) is 0 Å². The highest BCUT2D eigenvalue weighted by Crippen LogP contribution is 2.52. The molecule has 4 nitrogen and oxygen atoms in total. The van der Waals surface area contributed by atoms with Gasteiger partial charge in [0.15, 0.2) is 5.78 Å². The Balaban J connectivity index is 2.34. The Morgan fingerprint density at radius 1 is 1.39 bits per heavy atom. The number of thioether (sulfide) groups is 1. The average Bonchev–Trinajstić information content (AvgIpc) is 3.26. The Morgan fingerprint density at radius 2 is 2.10 bits per heavy atom. The molecule has 0 fully saturated rings. The van der Waals surface area contributed by atoms with E-state index in [0.29, 0.717) is 0 Å². The van der Waals surface area contributed by atoms with Gasteiger partial charge in [0.1, 0.15) is 0 Å². The fraction of sp³-hybridized carbons (Fsp3) is 0.238. The molecule has 0 unspecified atom stereocenters. The van der Waals surface area contributed by atoms with E-state index in [1.807, 2.05) is 6.07 Å². The molecule has 1 aromatic heterocycles. The SMILES string of the molecule is C=CCSC1=C(C#N)[C@H](c2ccccc2Cl)[C@H](C(=O)c2cccs2)[C@](O)(C(F)(F)F)N1. The molecule has 2 heterocycles. The molecule has 1 aliphatic heterocycles. The van der Waals surface area contributed by atoms with Crippen LogP contribution in [0, 0.1) is 17.2 Å². The van der Waals surface area contributed by atoms with Gasteiger partial charge in [0, 0.05) is 16.7 Å². The molecule has 0 radical (unpaired) electrons. The lowest BCUT2D eigenvalue weighted by Crippen LogP contribution is -2.66. The molecule has 1 aromatic carbocycles. The van der Waals surface area contributed by atoms with E-state index in [9.17, 15) is 28.3 Å². The second-order valence-electron chi connectivity index (χ2n) is 6.66. The van der Waals surface area contributed by atoms with E-state index in [1.54, 1.807) is 17.5 Å². The van der Waals surface area contributed by atoms with Gasteiger partial charge in [-0.2, -0.15) is 18.4 Å². The molecule has 3 rings (SSSR count). The Labute approximate surface area is 190 Å². The number of carbonyl (C=O) groups excluding carboxylic acids is 1. The summed E-state index contributed by atoms with van der Waals surface area (Å²) in [5.74, 6) is -4.25. The van der Waals surface area contributed by atoms with Crippen molar-refractivity contribution in [2.24, 2.45) is 5.92 Å². The summed E-state index contributed by atoms with van der Waals surface area (Å²) in [6.07, 6.45) is -3.78. The van der Waals surface area contributed by atoms with E-state index >= 15 is 0 Å². The van der Waals surface area contributed by atoms with Gasteiger partial charge >= 0.3 is 6.18 Å². The van der Waals surface area contributed by atoms with Crippen LogP contribution in [-0.4, -0.2) is 28.5 Å². The maximum absolute atomic E-state index is 14.3. The molecule has 0 bridgehead atoms. The van der Waals surface area contributed by atoms with Gasteiger partial charge in [-0.3, -0.25) is 4.79 Å². The van der Waals surface area contributed by atoms with E-state index in [2.05, 4.69) is 11.9 Å². The minimum atomic E-state index is -5.23. The van der Waals surface area contributed by atoms with Gasteiger partial charge in [0.25, 0.3) is 0 Å². The van der Waals surface area contributed by atoms with E-state index in [0.717, 1.165) is 23.1 Å². The molecule has 0 aliphatic carbocycles. The molecule has 0 saturated carbocycles. The molecule has 162 valence electrons. The van der Waals surface area contributed by atoms with Crippen molar-refractivity contribution in [3.05, 3.63) is 80.5 Å². The van der Waals surface area contributed by atoms with Crippen LogP contribution in [0.15, 0.2) is 65.0 Å². The molecule has 0 amide bonds. The third kappa shape index (κ3) is 4.26. The van der Waals surface area contributed by atoms with Crippen LogP contribution in [0.2, 0.25) is 5.02 Å². The number of rotatable bonds is 6. The van der Waals surface area contributed by atoms with Gasteiger partial charge < -0.3 is 10.4 Å². The van der Waals surface area contributed by atoms with Gasteiger partial charge in [0.05, 0.1) is 27.5 Å². The Kier molecular flexibility index (Phi) is 6.86. The summed E-state index contributed by atoms with van der Waals surface area (Å²) in [5.41, 5.74) is -3.58. The number of benzene rings is 1. The fourth-order valence-corrected chi connectivity index (χ4v) is 5.26. The summed E-state index contributed by atoms with van der Waals surface area (Å²) < 4.78 is 42.8. The highest BCUT2D eigenvalue weighted by molar-refractivity contribution is 8.03. The number of hydrogen-bond acceptors (Lipinski definition) is 6. The van der Waals surface area contributed by atoms with Crippen molar-refractivity contribution in [3.63, 3.8) is 0 Å². The van der Waals surface area contributed by atoms with Crippen LogP contribution in [0.4, 0.5) is 13.2 Å². The zero-order chi connectivity index (χ0) is 22.8. The maximum Gasteiger partial charge on any atom is 0.437 e. The zero-order valence-corrected chi connectivity index (χ0v) is 18.2. The Hall–Kier alpha value is -2.25. The minimum Gasteiger partial charge on any atom is -0.363 e. The molecule has 2 aromatic rings. The van der Waals surface area contributed by atoms with E-state index in [-0.39, 0.29) is 31.8 Å². The summed E-state index contributed by atoms with van der Waals surface area (Å²) in [6, 6.07) is 10.9. The number of carbonyl (C=O) groups is 1. The number of nitriles is 1. The molecule has 31 heavy (non-hydrogen) atoms. The van der Waals surface area contributed by atoms with Crippen molar-refractivity contribution in [1.82, 2.24) is 5.32 Å². The molecule has 0 spiro atoms. The monoisotopic (exact) mass is 484 g/mol. The van der Waals surface area contributed by atoms with Crippen LogP contribution in [-0.2, 0) is 0 Å². The maximum atomic E-state index is 14.3. The first-order chi connectivity index (χ1) is 14.7. The van der Waals surface area contributed by atoms with Crippen LogP contribution in [0.3, 0.4) is 0 Å². The summed E-state index contributed by atoms with van der Waals surface area (Å²) in [4.78, 5) is 13.3. The highest BCUT2D eigenvalue weighted by atomic mass is 35.5. The zero-order valence-electron chi connectivity index (χ0n) is 15.8. The van der Waals surface area contributed by atoms with Gasteiger partial charge in [-0.05, 0) is 23.1 Å². The summed E-state index contributed by atoms with van der Waals surface area (Å²) in [6.45, 7) is 3.54.